The molecule has 3 aromatic rings. The van der Waals surface area contributed by atoms with Crippen molar-refractivity contribution in [2.45, 2.75) is 24.3 Å². The van der Waals surface area contributed by atoms with Crippen LogP contribution in [0.5, 0.6) is 0 Å². The smallest absolute Gasteiger partial charge is 0.137 e. The molecule has 148 valence electrons. The number of nitrogens with zero attached hydrogens (tertiary/aromatic N) is 3. The lowest BCUT2D eigenvalue weighted by molar-refractivity contribution is -0.0190. The van der Waals surface area contributed by atoms with Crippen LogP contribution in [0.1, 0.15) is 11.3 Å². The molecule has 2 N–H and O–H groups in total. The summed E-state index contributed by atoms with van der Waals surface area (Å²) >= 11 is 0.810. The van der Waals surface area contributed by atoms with Gasteiger partial charge in [0, 0.05) is 30.6 Å². The van der Waals surface area contributed by atoms with E-state index in [0.717, 1.165) is 36.3 Å². The Morgan fingerprint density at radius 3 is 2.71 bits per heavy atom. The van der Waals surface area contributed by atoms with Crippen molar-refractivity contribution in [1.82, 2.24) is 14.3 Å². The van der Waals surface area contributed by atoms with Crippen molar-refractivity contribution in [2.75, 3.05) is 26.7 Å². The van der Waals surface area contributed by atoms with Gasteiger partial charge in [0.05, 0.1) is 29.7 Å². The van der Waals surface area contributed by atoms with E-state index in [2.05, 4.69) is 9.88 Å². The number of aromatic nitrogens is 2. The Balaban J connectivity index is 1.86. The minimum absolute atomic E-state index is 0.0660. The topological polar surface area (TPSA) is 55.8 Å². The second-order valence-corrected chi connectivity index (χ2v) is 7.89. The van der Waals surface area contributed by atoms with Gasteiger partial charge in [0.25, 0.3) is 0 Å². The van der Waals surface area contributed by atoms with Gasteiger partial charge in [-0.05, 0) is 55.7 Å². The fourth-order valence-corrected chi connectivity index (χ4v) is 3.99. The highest BCUT2D eigenvalue weighted by atomic mass is 32.2. The first kappa shape index (κ1) is 19.3. The quantitative estimate of drug-likeness (QED) is 0.676. The zero-order valence-corrected chi connectivity index (χ0v) is 16.6. The number of ether oxygens (including phenoxy) is 1. The summed E-state index contributed by atoms with van der Waals surface area (Å²) in [4.78, 5) is 7.10. The fourth-order valence-electron chi connectivity index (χ4n) is 3.64. The maximum atomic E-state index is 14.8. The molecule has 1 atom stereocenters. The Hall–Kier alpha value is -2.00. The van der Waals surface area contributed by atoms with E-state index in [1.165, 1.54) is 12.1 Å². The minimum atomic E-state index is -0.670. The highest BCUT2D eigenvalue weighted by Crippen LogP contribution is 2.33. The maximum Gasteiger partial charge on any atom is 0.137 e. The standard InChI is InChI=1S/C20H22F2N4OS/c1-12-3-4-26-17(8-13-11-25(2)5-6-27-13)20(24-18(26)7-12)19-15(21)9-14(28-23)10-16(19)22/h3-4,7,9-10,13H,5-6,8,11,23H2,1-2H3. The Kier molecular flexibility index (Phi) is 5.37. The second-order valence-electron chi connectivity index (χ2n) is 7.18. The van der Waals surface area contributed by atoms with E-state index in [0.29, 0.717) is 29.3 Å². The van der Waals surface area contributed by atoms with E-state index in [1.54, 1.807) is 0 Å². The number of aryl methyl sites for hydroxylation is 1. The van der Waals surface area contributed by atoms with Crippen LogP contribution in [0, 0.1) is 18.6 Å². The fraction of sp³-hybridized carbons (Fsp3) is 0.350. The largest absolute Gasteiger partial charge is 0.375 e. The lowest BCUT2D eigenvalue weighted by Crippen LogP contribution is -2.41. The van der Waals surface area contributed by atoms with Crippen molar-refractivity contribution in [3.8, 4) is 11.3 Å². The molecule has 0 amide bonds. The number of hydrogen-bond acceptors (Lipinski definition) is 5. The van der Waals surface area contributed by atoms with E-state index in [-0.39, 0.29) is 11.7 Å². The summed E-state index contributed by atoms with van der Waals surface area (Å²) in [5.41, 5.74) is 2.61. The van der Waals surface area contributed by atoms with E-state index in [4.69, 9.17) is 9.88 Å². The molecule has 8 heteroatoms. The molecule has 28 heavy (non-hydrogen) atoms. The molecule has 0 spiro atoms. The van der Waals surface area contributed by atoms with Crippen LogP contribution in [-0.2, 0) is 11.2 Å². The van der Waals surface area contributed by atoms with Gasteiger partial charge in [-0.1, -0.05) is 0 Å². The van der Waals surface area contributed by atoms with Crippen molar-refractivity contribution >= 4 is 17.6 Å². The van der Waals surface area contributed by atoms with Crippen molar-refractivity contribution < 1.29 is 13.5 Å². The van der Waals surface area contributed by atoms with Crippen molar-refractivity contribution in [3.63, 3.8) is 0 Å². The number of likely N-dealkylation sites (N-methyl/N-ethyl adjacent to an activating group) is 1. The first-order valence-electron chi connectivity index (χ1n) is 9.10. The lowest BCUT2D eigenvalue weighted by Gasteiger charge is -2.30. The number of morpholine rings is 1. The number of benzene rings is 1. The molecule has 0 radical (unpaired) electrons. The van der Waals surface area contributed by atoms with Gasteiger partial charge in [0.15, 0.2) is 0 Å². The number of rotatable bonds is 4. The SMILES string of the molecule is Cc1ccn2c(CC3CN(C)CCO3)c(-c3c(F)cc(SN)cc3F)nc2c1. The number of fused-ring (bicyclic) bond motifs is 1. The molecule has 2 aromatic heterocycles. The Bertz CT molecular complexity index is 1000. The molecule has 4 rings (SSSR count). The van der Waals surface area contributed by atoms with Gasteiger partial charge in [-0.15, -0.1) is 0 Å². The third-order valence-corrected chi connectivity index (χ3v) is 5.54. The first-order chi connectivity index (χ1) is 13.5. The summed E-state index contributed by atoms with van der Waals surface area (Å²) in [7, 11) is 2.04. The van der Waals surface area contributed by atoms with Crippen LogP contribution < -0.4 is 5.14 Å². The minimum Gasteiger partial charge on any atom is -0.375 e. The molecule has 0 saturated carbocycles. The molecule has 0 bridgehead atoms. The number of halogens is 2. The summed E-state index contributed by atoms with van der Waals surface area (Å²) in [5.74, 6) is -1.34. The summed E-state index contributed by atoms with van der Waals surface area (Å²) in [6, 6.07) is 6.34. The van der Waals surface area contributed by atoms with Crippen LogP contribution in [0.25, 0.3) is 16.9 Å². The summed E-state index contributed by atoms with van der Waals surface area (Å²) in [6.07, 6.45) is 2.34. The molecule has 0 aliphatic carbocycles. The molecule has 1 fully saturated rings. The van der Waals surface area contributed by atoms with Gasteiger partial charge in [0.2, 0.25) is 0 Å². The highest BCUT2D eigenvalue weighted by Gasteiger charge is 2.26. The van der Waals surface area contributed by atoms with Crippen LogP contribution in [-0.4, -0.2) is 47.1 Å². The molecule has 1 aromatic carbocycles. The van der Waals surface area contributed by atoms with Crippen LogP contribution >= 0.6 is 11.9 Å². The van der Waals surface area contributed by atoms with Crippen molar-refractivity contribution in [1.29, 1.82) is 0 Å². The number of nitrogens with two attached hydrogens (primary N) is 1. The average molecular weight is 404 g/mol. The van der Waals surface area contributed by atoms with Gasteiger partial charge in [0.1, 0.15) is 17.3 Å². The highest BCUT2D eigenvalue weighted by molar-refractivity contribution is 7.97. The Labute approximate surface area is 166 Å². The van der Waals surface area contributed by atoms with Gasteiger partial charge >= 0.3 is 0 Å². The van der Waals surface area contributed by atoms with Gasteiger partial charge in [-0.25, -0.2) is 13.8 Å². The monoisotopic (exact) mass is 404 g/mol. The Morgan fingerprint density at radius 1 is 1.29 bits per heavy atom. The molecule has 1 aliphatic rings. The molecule has 1 aliphatic heterocycles. The van der Waals surface area contributed by atoms with Crippen LogP contribution in [0.3, 0.4) is 0 Å². The van der Waals surface area contributed by atoms with E-state index >= 15 is 0 Å². The van der Waals surface area contributed by atoms with Gasteiger partial charge in [-0.3, -0.25) is 5.14 Å². The second kappa shape index (κ2) is 7.79. The predicted molar refractivity (Wildman–Crippen MR) is 106 cm³/mol. The molecule has 3 heterocycles. The molecule has 1 unspecified atom stereocenters. The summed E-state index contributed by atoms with van der Waals surface area (Å²) in [6.45, 7) is 4.22. The summed E-state index contributed by atoms with van der Waals surface area (Å²) < 4.78 is 37.4. The van der Waals surface area contributed by atoms with Gasteiger partial charge in [-0.2, -0.15) is 0 Å². The maximum absolute atomic E-state index is 14.8. The molecule has 1 saturated heterocycles. The Morgan fingerprint density at radius 2 is 2.04 bits per heavy atom. The van der Waals surface area contributed by atoms with Crippen LogP contribution in [0.4, 0.5) is 8.78 Å². The van der Waals surface area contributed by atoms with Crippen LogP contribution in [0.2, 0.25) is 0 Å². The number of imidazole rings is 1. The van der Waals surface area contributed by atoms with E-state index in [1.807, 2.05) is 36.7 Å². The summed E-state index contributed by atoms with van der Waals surface area (Å²) in [5, 5.41) is 5.46. The van der Waals surface area contributed by atoms with E-state index in [9.17, 15) is 8.78 Å². The first-order valence-corrected chi connectivity index (χ1v) is 9.98. The zero-order valence-electron chi connectivity index (χ0n) is 15.8. The normalized spacial score (nSPS) is 18.1. The number of hydrogen-bond donors (Lipinski definition) is 1. The molecular weight excluding hydrogens is 382 g/mol. The third kappa shape index (κ3) is 3.65. The van der Waals surface area contributed by atoms with Crippen molar-refractivity contribution in [3.05, 3.63) is 53.4 Å². The zero-order chi connectivity index (χ0) is 19.8. The predicted octanol–water partition coefficient (Wildman–Crippen LogP) is 3.43. The average Bonchev–Trinajstić information content (AvgIpc) is 2.98. The van der Waals surface area contributed by atoms with Crippen molar-refractivity contribution in [2.24, 2.45) is 5.14 Å². The van der Waals surface area contributed by atoms with Gasteiger partial charge < -0.3 is 14.0 Å². The van der Waals surface area contributed by atoms with E-state index < -0.39 is 11.6 Å². The number of pyridine rings is 1. The van der Waals surface area contributed by atoms with Crippen LogP contribution in [0.15, 0.2) is 35.4 Å². The third-order valence-electron chi connectivity index (χ3n) is 5.03. The lowest BCUT2D eigenvalue weighted by atomic mass is 10.0. The molecule has 5 nitrogen and oxygen atoms in total. The molecular formula is C20H22F2N4OS.